The Hall–Kier alpha value is -2.21. The van der Waals surface area contributed by atoms with E-state index >= 15 is 0 Å². The van der Waals surface area contributed by atoms with Gasteiger partial charge in [-0.05, 0) is 36.7 Å². The van der Waals surface area contributed by atoms with E-state index in [1.165, 1.54) is 12.1 Å². The first-order valence-electron chi connectivity index (χ1n) is 6.37. The van der Waals surface area contributed by atoms with Crippen molar-refractivity contribution >= 4 is 11.6 Å². The maximum atomic E-state index is 12.9. The Bertz CT molecular complexity index is 582. The molecule has 0 aliphatic heterocycles. The molecule has 0 aliphatic carbocycles. The van der Waals surface area contributed by atoms with E-state index in [2.05, 4.69) is 15.7 Å². The van der Waals surface area contributed by atoms with Crippen LogP contribution in [0.5, 0.6) is 0 Å². The minimum Gasteiger partial charge on any atom is -0.325 e. The quantitative estimate of drug-likeness (QED) is 0.783. The van der Waals surface area contributed by atoms with Gasteiger partial charge in [0.25, 0.3) is 0 Å². The Morgan fingerprint density at radius 1 is 1.45 bits per heavy atom. The number of benzene rings is 1. The molecule has 2 N–H and O–H groups in total. The van der Waals surface area contributed by atoms with E-state index < -0.39 is 0 Å². The van der Waals surface area contributed by atoms with Crippen LogP contribution in [0.15, 0.2) is 36.7 Å². The van der Waals surface area contributed by atoms with Gasteiger partial charge in [-0.1, -0.05) is 6.07 Å². The molecule has 1 amide bonds. The number of aromatic nitrogens is 2. The molecule has 0 radical (unpaired) electrons. The van der Waals surface area contributed by atoms with Crippen molar-refractivity contribution in [3.05, 3.63) is 48.0 Å². The van der Waals surface area contributed by atoms with E-state index in [0.717, 1.165) is 12.0 Å². The van der Waals surface area contributed by atoms with Crippen LogP contribution < -0.4 is 10.6 Å². The summed E-state index contributed by atoms with van der Waals surface area (Å²) >= 11 is 0. The highest BCUT2D eigenvalue weighted by Crippen LogP contribution is 2.08. The van der Waals surface area contributed by atoms with E-state index in [0.29, 0.717) is 12.2 Å². The summed E-state index contributed by atoms with van der Waals surface area (Å²) in [5.74, 6) is -0.561. The van der Waals surface area contributed by atoms with Crippen LogP contribution in [-0.2, 0) is 18.3 Å². The molecule has 20 heavy (non-hydrogen) atoms. The van der Waals surface area contributed by atoms with Gasteiger partial charge in [0.1, 0.15) is 5.82 Å². The molecule has 5 nitrogen and oxygen atoms in total. The molecule has 0 atom stereocenters. The number of nitrogens with zero attached hydrogens (tertiary/aromatic N) is 2. The van der Waals surface area contributed by atoms with Crippen molar-refractivity contribution in [2.24, 2.45) is 7.05 Å². The standard InChI is InChI=1S/C14H17FN4O/c1-19-10-11(8-17-19)5-6-16-9-14(20)18-13-4-2-3-12(15)7-13/h2-4,7-8,10,16H,5-6,9H2,1H3,(H,18,20). The predicted octanol–water partition coefficient (Wildman–Crippen LogP) is 1.33. The third-order valence-electron chi connectivity index (χ3n) is 2.74. The topological polar surface area (TPSA) is 59.0 Å². The van der Waals surface area contributed by atoms with Crippen molar-refractivity contribution < 1.29 is 9.18 Å². The molecule has 0 aliphatic rings. The maximum absolute atomic E-state index is 12.9. The van der Waals surface area contributed by atoms with Crippen molar-refractivity contribution in [1.82, 2.24) is 15.1 Å². The van der Waals surface area contributed by atoms with Crippen LogP contribution in [0.3, 0.4) is 0 Å². The summed E-state index contributed by atoms with van der Waals surface area (Å²) in [7, 11) is 1.86. The lowest BCUT2D eigenvalue weighted by Crippen LogP contribution is -2.29. The Balaban J connectivity index is 1.67. The Morgan fingerprint density at radius 2 is 2.30 bits per heavy atom. The second-order valence-corrected chi connectivity index (χ2v) is 4.51. The van der Waals surface area contributed by atoms with Gasteiger partial charge in [0, 0.05) is 18.9 Å². The number of carbonyl (C=O) groups excluding carboxylic acids is 1. The van der Waals surface area contributed by atoms with Gasteiger partial charge >= 0.3 is 0 Å². The van der Waals surface area contributed by atoms with Crippen molar-refractivity contribution in [3.8, 4) is 0 Å². The number of carbonyl (C=O) groups is 1. The highest BCUT2D eigenvalue weighted by molar-refractivity contribution is 5.92. The first-order chi connectivity index (χ1) is 9.63. The predicted molar refractivity (Wildman–Crippen MR) is 74.8 cm³/mol. The number of amides is 1. The highest BCUT2D eigenvalue weighted by atomic mass is 19.1. The normalized spacial score (nSPS) is 10.5. The van der Waals surface area contributed by atoms with Gasteiger partial charge in [-0.3, -0.25) is 9.48 Å². The largest absolute Gasteiger partial charge is 0.325 e. The zero-order valence-electron chi connectivity index (χ0n) is 11.3. The molecule has 1 heterocycles. The molecule has 0 saturated heterocycles. The SMILES string of the molecule is Cn1cc(CCNCC(=O)Nc2cccc(F)c2)cn1. The summed E-state index contributed by atoms with van der Waals surface area (Å²) in [4.78, 5) is 11.6. The summed E-state index contributed by atoms with van der Waals surface area (Å²) in [5.41, 5.74) is 1.58. The fourth-order valence-electron chi connectivity index (χ4n) is 1.81. The summed E-state index contributed by atoms with van der Waals surface area (Å²) in [6.07, 6.45) is 4.55. The van der Waals surface area contributed by atoms with Gasteiger partial charge in [0.15, 0.2) is 0 Å². The smallest absolute Gasteiger partial charge is 0.238 e. The van der Waals surface area contributed by atoms with Gasteiger partial charge in [0.2, 0.25) is 5.91 Å². The minimum absolute atomic E-state index is 0.191. The van der Waals surface area contributed by atoms with Crippen LogP contribution in [-0.4, -0.2) is 28.8 Å². The molecule has 0 saturated carbocycles. The number of anilines is 1. The summed E-state index contributed by atoms with van der Waals surface area (Å²) < 4.78 is 14.7. The fraction of sp³-hybridized carbons (Fsp3) is 0.286. The lowest BCUT2D eigenvalue weighted by atomic mass is 10.2. The van der Waals surface area contributed by atoms with E-state index in [9.17, 15) is 9.18 Å². The van der Waals surface area contributed by atoms with Gasteiger partial charge in [-0.25, -0.2) is 4.39 Å². The van der Waals surface area contributed by atoms with E-state index in [-0.39, 0.29) is 18.3 Å². The third-order valence-corrected chi connectivity index (χ3v) is 2.74. The van der Waals surface area contributed by atoms with Crippen LogP contribution in [0.25, 0.3) is 0 Å². The van der Waals surface area contributed by atoms with Crippen LogP contribution in [0.1, 0.15) is 5.56 Å². The second kappa shape index (κ2) is 6.81. The summed E-state index contributed by atoms with van der Waals surface area (Å²) in [5, 5.41) is 9.73. The zero-order chi connectivity index (χ0) is 14.4. The van der Waals surface area contributed by atoms with Crippen LogP contribution in [0.2, 0.25) is 0 Å². The monoisotopic (exact) mass is 276 g/mol. The van der Waals surface area contributed by atoms with Crippen molar-refractivity contribution in [1.29, 1.82) is 0 Å². The molecule has 2 rings (SSSR count). The lowest BCUT2D eigenvalue weighted by molar-refractivity contribution is -0.115. The Kier molecular flexibility index (Phi) is 4.84. The number of nitrogens with one attached hydrogen (secondary N) is 2. The molecule has 106 valence electrons. The molecule has 2 aromatic rings. The van der Waals surface area contributed by atoms with Crippen molar-refractivity contribution in [2.45, 2.75) is 6.42 Å². The molecule has 0 bridgehead atoms. The highest BCUT2D eigenvalue weighted by Gasteiger charge is 2.03. The molecule has 0 spiro atoms. The number of hydrogen-bond acceptors (Lipinski definition) is 3. The molecular formula is C14H17FN4O. The van der Waals surface area contributed by atoms with Crippen LogP contribution in [0, 0.1) is 5.82 Å². The van der Waals surface area contributed by atoms with Gasteiger partial charge in [-0.15, -0.1) is 0 Å². The maximum Gasteiger partial charge on any atom is 0.238 e. The van der Waals surface area contributed by atoms with Crippen molar-refractivity contribution in [3.63, 3.8) is 0 Å². The first-order valence-corrected chi connectivity index (χ1v) is 6.37. The van der Waals surface area contributed by atoms with Crippen molar-refractivity contribution in [2.75, 3.05) is 18.4 Å². The van der Waals surface area contributed by atoms with Gasteiger partial charge < -0.3 is 10.6 Å². The number of halogens is 1. The molecule has 1 aromatic heterocycles. The zero-order valence-corrected chi connectivity index (χ0v) is 11.3. The van der Waals surface area contributed by atoms with Crippen LogP contribution in [0.4, 0.5) is 10.1 Å². The Morgan fingerprint density at radius 3 is 3.00 bits per heavy atom. The molecule has 0 fully saturated rings. The van der Waals surface area contributed by atoms with E-state index in [1.807, 2.05) is 13.2 Å². The molecule has 6 heteroatoms. The fourth-order valence-corrected chi connectivity index (χ4v) is 1.81. The van der Waals surface area contributed by atoms with Gasteiger partial charge in [0.05, 0.1) is 12.7 Å². The van der Waals surface area contributed by atoms with E-state index in [1.54, 1.807) is 23.0 Å². The number of hydrogen-bond donors (Lipinski definition) is 2. The number of aryl methyl sites for hydroxylation is 1. The summed E-state index contributed by atoms with van der Waals surface area (Å²) in [6, 6.07) is 5.83. The van der Waals surface area contributed by atoms with E-state index in [4.69, 9.17) is 0 Å². The van der Waals surface area contributed by atoms with Gasteiger partial charge in [-0.2, -0.15) is 5.10 Å². The average molecular weight is 276 g/mol. The third kappa shape index (κ3) is 4.47. The lowest BCUT2D eigenvalue weighted by Gasteiger charge is -2.06. The average Bonchev–Trinajstić information content (AvgIpc) is 2.80. The van der Waals surface area contributed by atoms with Crippen LogP contribution >= 0.6 is 0 Å². The first kappa shape index (κ1) is 14.2. The minimum atomic E-state index is -0.368. The summed E-state index contributed by atoms with van der Waals surface area (Å²) in [6.45, 7) is 0.874. The molecular weight excluding hydrogens is 259 g/mol. The molecule has 0 unspecified atom stereocenters. The molecule has 1 aromatic carbocycles. The Labute approximate surface area is 116 Å². The second-order valence-electron chi connectivity index (χ2n) is 4.51. The number of rotatable bonds is 6.